The zero-order chi connectivity index (χ0) is 12.6. The Morgan fingerprint density at radius 1 is 1.44 bits per heavy atom. The number of hydrogen-bond acceptors (Lipinski definition) is 3. The maximum Gasteiger partial charge on any atom is 0.104 e. The van der Waals surface area contributed by atoms with Crippen LogP contribution < -0.4 is 0 Å². The van der Waals surface area contributed by atoms with Crippen molar-refractivity contribution in [2.24, 2.45) is 5.92 Å². The van der Waals surface area contributed by atoms with Crippen molar-refractivity contribution in [3.8, 4) is 11.8 Å². The molecule has 1 unspecified atom stereocenters. The molecule has 18 heavy (non-hydrogen) atoms. The molecule has 1 saturated heterocycles. The molecule has 2 rings (SSSR count). The first-order chi connectivity index (χ1) is 8.88. The summed E-state index contributed by atoms with van der Waals surface area (Å²) in [5.41, 5.74) is 2.02. The van der Waals surface area contributed by atoms with Crippen molar-refractivity contribution in [1.82, 2.24) is 0 Å². The van der Waals surface area contributed by atoms with Crippen molar-refractivity contribution in [1.29, 1.82) is 0 Å². The van der Waals surface area contributed by atoms with Crippen LogP contribution in [0.5, 0.6) is 0 Å². The van der Waals surface area contributed by atoms with Crippen LogP contribution in [0.1, 0.15) is 17.5 Å². The smallest absolute Gasteiger partial charge is 0.104 e. The normalized spacial score (nSPS) is 18.4. The molecule has 1 N–H and O–H groups in total. The third-order valence-electron chi connectivity index (χ3n) is 2.89. The van der Waals surface area contributed by atoms with E-state index in [2.05, 4.69) is 11.8 Å². The Bertz CT molecular complexity index is 425. The minimum absolute atomic E-state index is 0.109. The van der Waals surface area contributed by atoms with Crippen LogP contribution in [0.25, 0.3) is 0 Å². The molecule has 1 aliphatic rings. The lowest BCUT2D eigenvalue weighted by Crippen LogP contribution is -2.09. The second kappa shape index (κ2) is 7.17. The average Bonchev–Trinajstić information content (AvgIpc) is 2.90. The average molecular weight is 246 g/mol. The van der Waals surface area contributed by atoms with Crippen LogP contribution in [-0.4, -0.2) is 31.5 Å². The minimum atomic E-state index is -0.109. The highest BCUT2D eigenvalue weighted by Gasteiger charge is 2.15. The van der Waals surface area contributed by atoms with Gasteiger partial charge in [-0.2, -0.15) is 0 Å². The summed E-state index contributed by atoms with van der Waals surface area (Å²) in [6, 6.07) is 7.90. The fraction of sp³-hybridized carbons (Fsp3) is 0.467. The Labute approximate surface area is 108 Å². The SMILES string of the molecule is OCC#Cc1cccc(COCC2CCOC2)c1. The first-order valence-corrected chi connectivity index (χ1v) is 6.22. The van der Waals surface area contributed by atoms with E-state index in [4.69, 9.17) is 14.6 Å². The van der Waals surface area contributed by atoms with Crippen molar-refractivity contribution in [2.75, 3.05) is 26.4 Å². The third kappa shape index (κ3) is 4.15. The van der Waals surface area contributed by atoms with Gasteiger partial charge in [-0.25, -0.2) is 0 Å². The Morgan fingerprint density at radius 3 is 3.17 bits per heavy atom. The monoisotopic (exact) mass is 246 g/mol. The van der Waals surface area contributed by atoms with Gasteiger partial charge in [-0.1, -0.05) is 24.0 Å². The predicted octanol–water partition coefficient (Wildman–Crippen LogP) is 1.58. The van der Waals surface area contributed by atoms with Gasteiger partial charge in [-0.05, 0) is 24.1 Å². The van der Waals surface area contributed by atoms with Crippen LogP contribution in [0.3, 0.4) is 0 Å². The number of ether oxygens (including phenoxy) is 2. The summed E-state index contributed by atoms with van der Waals surface area (Å²) < 4.78 is 11.0. The van der Waals surface area contributed by atoms with E-state index < -0.39 is 0 Å². The van der Waals surface area contributed by atoms with Crippen LogP contribution in [0, 0.1) is 17.8 Å². The van der Waals surface area contributed by atoms with Crippen LogP contribution >= 0.6 is 0 Å². The second-order valence-corrected chi connectivity index (χ2v) is 4.41. The summed E-state index contributed by atoms with van der Waals surface area (Å²) in [6.07, 6.45) is 1.10. The van der Waals surface area contributed by atoms with E-state index in [-0.39, 0.29) is 6.61 Å². The number of hydrogen-bond donors (Lipinski definition) is 1. The zero-order valence-corrected chi connectivity index (χ0v) is 10.4. The molecule has 0 saturated carbocycles. The molecule has 1 atom stereocenters. The van der Waals surface area contributed by atoms with Crippen molar-refractivity contribution in [2.45, 2.75) is 13.0 Å². The molecular weight excluding hydrogens is 228 g/mol. The number of aliphatic hydroxyl groups is 1. The van der Waals surface area contributed by atoms with Crippen LogP contribution in [0.15, 0.2) is 24.3 Å². The van der Waals surface area contributed by atoms with E-state index >= 15 is 0 Å². The molecule has 0 spiro atoms. The molecule has 1 aromatic carbocycles. The number of benzene rings is 1. The summed E-state index contributed by atoms with van der Waals surface area (Å²) >= 11 is 0. The highest BCUT2D eigenvalue weighted by Crippen LogP contribution is 2.13. The molecule has 0 amide bonds. The Hall–Kier alpha value is -1.34. The van der Waals surface area contributed by atoms with Gasteiger partial charge >= 0.3 is 0 Å². The van der Waals surface area contributed by atoms with Crippen molar-refractivity contribution in [3.63, 3.8) is 0 Å². The molecule has 1 heterocycles. The molecule has 0 aromatic heterocycles. The van der Waals surface area contributed by atoms with Crippen LogP contribution in [-0.2, 0) is 16.1 Å². The van der Waals surface area contributed by atoms with Gasteiger partial charge in [0.25, 0.3) is 0 Å². The highest BCUT2D eigenvalue weighted by molar-refractivity contribution is 5.36. The van der Waals surface area contributed by atoms with Gasteiger partial charge in [-0.3, -0.25) is 0 Å². The van der Waals surface area contributed by atoms with E-state index in [1.165, 1.54) is 0 Å². The van der Waals surface area contributed by atoms with Gasteiger partial charge in [0.1, 0.15) is 6.61 Å². The first-order valence-electron chi connectivity index (χ1n) is 6.22. The van der Waals surface area contributed by atoms with Gasteiger partial charge in [0.15, 0.2) is 0 Å². The summed E-state index contributed by atoms with van der Waals surface area (Å²) in [7, 11) is 0. The van der Waals surface area contributed by atoms with Crippen LogP contribution in [0.2, 0.25) is 0 Å². The summed E-state index contributed by atoms with van der Waals surface area (Å²) in [5, 5.41) is 8.65. The minimum Gasteiger partial charge on any atom is -0.384 e. The summed E-state index contributed by atoms with van der Waals surface area (Å²) in [5.74, 6) is 6.08. The summed E-state index contributed by atoms with van der Waals surface area (Å²) in [4.78, 5) is 0. The molecule has 96 valence electrons. The topological polar surface area (TPSA) is 38.7 Å². The maximum absolute atomic E-state index is 8.65. The van der Waals surface area contributed by atoms with E-state index in [9.17, 15) is 0 Å². The van der Waals surface area contributed by atoms with Gasteiger partial charge in [-0.15, -0.1) is 0 Å². The molecule has 1 aliphatic heterocycles. The molecule has 0 bridgehead atoms. The lowest BCUT2D eigenvalue weighted by atomic mass is 10.1. The first kappa shape index (κ1) is 13.1. The van der Waals surface area contributed by atoms with Gasteiger partial charge < -0.3 is 14.6 Å². The molecule has 1 aromatic rings. The molecular formula is C15H18O3. The zero-order valence-electron chi connectivity index (χ0n) is 10.4. The van der Waals surface area contributed by atoms with E-state index in [1.54, 1.807) is 0 Å². The Balaban J connectivity index is 1.81. The van der Waals surface area contributed by atoms with E-state index in [0.29, 0.717) is 12.5 Å². The molecule has 0 aliphatic carbocycles. The lowest BCUT2D eigenvalue weighted by molar-refractivity contribution is 0.0791. The number of rotatable bonds is 4. The fourth-order valence-electron chi connectivity index (χ4n) is 1.94. The van der Waals surface area contributed by atoms with Crippen molar-refractivity contribution < 1.29 is 14.6 Å². The maximum atomic E-state index is 8.65. The second-order valence-electron chi connectivity index (χ2n) is 4.41. The van der Waals surface area contributed by atoms with Gasteiger partial charge in [0.05, 0.1) is 19.8 Å². The lowest BCUT2D eigenvalue weighted by Gasteiger charge is -2.08. The van der Waals surface area contributed by atoms with E-state index in [1.807, 2.05) is 24.3 Å². The molecule has 1 fully saturated rings. The quantitative estimate of drug-likeness (QED) is 0.820. The molecule has 0 radical (unpaired) electrons. The largest absolute Gasteiger partial charge is 0.384 e. The standard InChI is InChI=1S/C15H18O3/c16-7-2-5-13-3-1-4-14(9-13)10-18-12-15-6-8-17-11-15/h1,3-4,9,15-16H,6-8,10-12H2. The van der Waals surface area contributed by atoms with Gasteiger partial charge in [0, 0.05) is 18.1 Å². The van der Waals surface area contributed by atoms with Crippen LogP contribution in [0.4, 0.5) is 0 Å². The van der Waals surface area contributed by atoms with Crippen molar-refractivity contribution in [3.05, 3.63) is 35.4 Å². The van der Waals surface area contributed by atoms with Crippen molar-refractivity contribution >= 4 is 0 Å². The molecule has 3 heteroatoms. The third-order valence-corrected chi connectivity index (χ3v) is 2.89. The fourth-order valence-corrected chi connectivity index (χ4v) is 1.94. The number of aliphatic hydroxyl groups excluding tert-OH is 1. The van der Waals surface area contributed by atoms with Gasteiger partial charge in [0.2, 0.25) is 0 Å². The predicted molar refractivity (Wildman–Crippen MR) is 69.0 cm³/mol. The Morgan fingerprint density at radius 2 is 2.39 bits per heavy atom. The Kier molecular flexibility index (Phi) is 5.22. The highest BCUT2D eigenvalue weighted by atomic mass is 16.5. The summed E-state index contributed by atoms with van der Waals surface area (Å²) in [6.45, 7) is 2.93. The van der Waals surface area contributed by atoms with E-state index in [0.717, 1.165) is 37.4 Å². The molecule has 3 nitrogen and oxygen atoms in total.